The highest BCUT2D eigenvalue weighted by atomic mass is 16.5. The molecular weight excluding hydrogens is 332 g/mol. The Hall–Kier alpha value is -3.68. The number of carbonyl (C=O) groups excluding carboxylic acids is 1. The third-order valence-electron chi connectivity index (χ3n) is 4.10. The van der Waals surface area contributed by atoms with Gasteiger partial charge >= 0.3 is 0 Å². The molecule has 0 aliphatic heterocycles. The van der Waals surface area contributed by atoms with E-state index in [1.807, 2.05) is 42.6 Å². The van der Waals surface area contributed by atoms with E-state index in [2.05, 4.69) is 25.6 Å². The molecule has 0 atom stereocenters. The average molecular weight is 348 g/mol. The zero-order chi connectivity index (χ0) is 17.9. The molecule has 0 aliphatic carbocycles. The van der Waals surface area contributed by atoms with Crippen LogP contribution in [0.4, 0.5) is 5.69 Å². The SMILES string of the molecule is CN(C(=O)COc1cccc(-c2nn[nH]n2)c1)c1ccc2[nH]ccc2c1. The second-order valence-electron chi connectivity index (χ2n) is 5.75. The minimum absolute atomic E-state index is 0.0721. The number of fused-ring (bicyclic) bond motifs is 1. The topological polar surface area (TPSA) is 99.8 Å². The Morgan fingerprint density at radius 2 is 2.12 bits per heavy atom. The number of rotatable bonds is 5. The summed E-state index contributed by atoms with van der Waals surface area (Å²) >= 11 is 0. The molecule has 0 bridgehead atoms. The zero-order valence-corrected chi connectivity index (χ0v) is 14.0. The van der Waals surface area contributed by atoms with E-state index in [0.717, 1.165) is 22.2 Å². The van der Waals surface area contributed by atoms with Crippen LogP contribution in [0.1, 0.15) is 0 Å². The summed E-state index contributed by atoms with van der Waals surface area (Å²) in [5, 5.41) is 14.9. The Morgan fingerprint density at radius 1 is 1.19 bits per heavy atom. The maximum atomic E-state index is 12.5. The summed E-state index contributed by atoms with van der Waals surface area (Å²) in [5.74, 6) is 0.888. The number of hydrogen-bond donors (Lipinski definition) is 2. The number of aromatic nitrogens is 5. The first-order valence-corrected chi connectivity index (χ1v) is 8.01. The number of ether oxygens (including phenoxy) is 1. The lowest BCUT2D eigenvalue weighted by Crippen LogP contribution is -2.31. The summed E-state index contributed by atoms with van der Waals surface area (Å²) in [5.41, 5.74) is 2.60. The van der Waals surface area contributed by atoms with Gasteiger partial charge in [-0.15, -0.1) is 10.2 Å². The van der Waals surface area contributed by atoms with E-state index in [-0.39, 0.29) is 12.5 Å². The fourth-order valence-corrected chi connectivity index (χ4v) is 2.64. The van der Waals surface area contributed by atoms with Crippen LogP contribution >= 0.6 is 0 Å². The lowest BCUT2D eigenvalue weighted by atomic mass is 10.2. The van der Waals surface area contributed by atoms with Crippen molar-refractivity contribution in [2.24, 2.45) is 0 Å². The average Bonchev–Trinajstić information content (AvgIpc) is 3.36. The molecule has 8 nitrogen and oxygen atoms in total. The molecule has 0 saturated carbocycles. The molecule has 4 aromatic rings. The van der Waals surface area contributed by atoms with Crippen molar-refractivity contribution in [3.63, 3.8) is 0 Å². The zero-order valence-electron chi connectivity index (χ0n) is 14.0. The van der Waals surface area contributed by atoms with Crippen molar-refractivity contribution < 1.29 is 9.53 Å². The van der Waals surface area contributed by atoms with E-state index >= 15 is 0 Å². The van der Waals surface area contributed by atoms with Gasteiger partial charge in [0.05, 0.1) is 0 Å². The number of amides is 1. The van der Waals surface area contributed by atoms with Gasteiger partial charge in [-0.05, 0) is 41.6 Å². The monoisotopic (exact) mass is 348 g/mol. The van der Waals surface area contributed by atoms with Gasteiger partial charge in [0.15, 0.2) is 6.61 Å². The fourth-order valence-electron chi connectivity index (χ4n) is 2.64. The minimum Gasteiger partial charge on any atom is -0.484 e. The van der Waals surface area contributed by atoms with Crippen LogP contribution in [0, 0.1) is 0 Å². The van der Waals surface area contributed by atoms with Crippen molar-refractivity contribution in [1.29, 1.82) is 0 Å². The Labute approximate surface area is 148 Å². The number of carbonyl (C=O) groups is 1. The first kappa shape index (κ1) is 15.8. The summed E-state index contributed by atoms with van der Waals surface area (Å²) in [6, 6.07) is 15.0. The van der Waals surface area contributed by atoms with Crippen molar-refractivity contribution >= 4 is 22.5 Å². The Bertz CT molecular complexity index is 1040. The molecule has 2 aromatic heterocycles. The summed E-state index contributed by atoms with van der Waals surface area (Å²) in [4.78, 5) is 17.2. The van der Waals surface area contributed by atoms with Crippen molar-refractivity contribution in [2.45, 2.75) is 0 Å². The second kappa shape index (κ2) is 6.67. The molecule has 0 spiro atoms. The maximum absolute atomic E-state index is 12.5. The molecule has 2 N–H and O–H groups in total. The molecule has 0 saturated heterocycles. The fraction of sp³-hybridized carbons (Fsp3) is 0.111. The van der Waals surface area contributed by atoms with Crippen molar-refractivity contribution in [3.8, 4) is 17.1 Å². The molecule has 0 radical (unpaired) electrons. The van der Waals surface area contributed by atoms with Gasteiger partial charge in [-0.2, -0.15) is 5.21 Å². The van der Waals surface area contributed by atoms with Crippen LogP contribution in [-0.4, -0.2) is 45.2 Å². The maximum Gasteiger partial charge on any atom is 0.264 e. The van der Waals surface area contributed by atoms with E-state index in [0.29, 0.717) is 11.6 Å². The molecule has 2 aromatic carbocycles. The number of nitrogens with zero attached hydrogens (tertiary/aromatic N) is 4. The summed E-state index contributed by atoms with van der Waals surface area (Å²) in [7, 11) is 1.73. The minimum atomic E-state index is -0.148. The number of benzene rings is 2. The predicted molar refractivity (Wildman–Crippen MR) is 96.8 cm³/mol. The van der Waals surface area contributed by atoms with E-state index in [9.17, 15) is 4.79 Å². The predicted octanol–water partition coefficient (Wildman–Crippen LogP) is 2.39. The summed E-state index contributed by atoms with van der Waals surface area (Å²) in [6.45, 7) is -0.0721. The second-order valence-corrected chi connectivity index (χ2v) is 5.75. The van der Waals surface area contributed by atoms with Crippen molar-refractivity contribution in [1.82, 2.24) is 25.6 Å². The van der Waals surface area contributed by atoms with Crippen molar-refractivity contribution in [3.05, 3.63) is 54.7 Å². The number of likely N-dealkylation sites (N-methyl/N-ethyl adjacent to an activating group) is 1. The van der Waals surface area contributed by atoms with Crippen LogP contribution in [0.5, 0.6) is 5.75 Å². The van der Waals surface area contributed by atoms with E-state index in [1.54, 1.807) is 24.1 Å². The summed E-state index contributed by atoms with van der Waals surface area (Å²) in [6.07, 6.45) is 1.87. The molecule has 8 heteroatoms. The van der Waals surface area contributed by atoms with Gasteiger partial charge in [0, 0.05) is 35.4 Å². The first-order valence-electron chi connectivity index (χ1n) is 8.01. The lowest BCUT2D eigenvalue weighted by molar-refractivity contribution is -0.120. The highest BCUT2D eigenvalue weighted by molar-refractivity contribution is 5.96. The van der Waals surface area contributed by atoms with E-state index in [1.165, 1.54) is 0 Å². The van der Waals surface area contributed by atoms with E-state index in [4.69, 9.17) is 4.74 Å². The van der Waals surface area contributed by atoms with Gasteiger partial charge in [0.25, 0.3) is 5.91 Å². The van der Waals surface area contributed by atoms with Crippen LogP contribution in [-0.2, 0) is 4.79 Å². The van der Waals surface area contributed by atoms with Crippen LogP contribution in [0.25, 0.3) is 22.3 Å². The highest BCUT2D eigenvalue weighted by Crippen LogP contribution is 2.22. The molecule has 2 heterocycles. The van der Waals surface area contributed by atoms with Crippen LogP contribution < -0.4 is 9.64 Å². The number of anilines is 1. The van der Waals surface area contributed by atoms with Gasteiger partial charge in [-0.25, -0.2) is 0 Å². The molecule has 26 heavy (non-hydrogen) atoms. The molecule has 0 aliphatic rings. The van der Waals surface area contributed by atoms with Gasteiger partial charge in [0.2, 0.25) is 5.82 Å². The molecule has 1 amide bonds. The van der Waals surface area contributed by atoms with E-state index < -0.39 is 0 Å². The molecule has 130 valence electrons. The van der Waals surface area contributed by atoms with Gasteiger partial charge < -0.3 is 14.6 Å². The van der Waals surface area contributed by atoms with Gasteiger partial charge in [0.1, 0.15) is 5.75 Å². The lowest BCUT2D eigenvalue weighted by Gasteiger charge is -2.18. The molecular formula is C18H16N6O2. The number of nitrogens with one attached hydrogen (secondary N) is 2. The normalized spacial score (nSPS) is 10.8. The van der Waals surface area contributed by atoms with Gasteiger partial charge in [-0.3, -0.25) is 4.79 Å². The first-order chi connectivity index (χ1) is 12.7. The van der Waals surface area contributed by atoms with Crippen LogP contribution in [0.15, 0.2) is 54.7 Å². The number of H-pyrrole nitrogens is 2. The Morgan fingerprint density at radius 3 is 2.96 bits per heavy atom. The molecule has 0 unspecified atom stereocenters. The highest BCUT2D eigenvalue weighted by Gasteiger charge is 2.13. The Kier molecular flexibility index (Phi) is 4.06. The number of tetrazole rings is 1. The van der Waals surface area contributed by atoms with Crippen LogP contribution in [0.3, 0.4) is 0 Å². The third-order valence-corrected chi connectivity index (χ3v) is 4.10. The van der Waals surface area contributed by atoms with Crippen molar-refractivity contribution in [2.75, 3.05) is 18.6 Å². The van der Waals surface area contributed by atoms with Gasteiger partial charge in [-0.1, -0.05) is 12.1 Å². The largest absolute Gasteiger partial charge is 0.484 e. The third kappa shape index (κ3) is 3.12. The smallest absolute Gasteiger partial charge is 0.264 e. The Balaban J connectivity index is 1.44. The molecule has 0 fully saturated rings. The summed E-state index contributed by atoms with van der Waals surface area (Å²) < 4.78 is 5.64. The number of hydrogen-bond acceptors (Lipinski definition) is 5. The standard InChI is InChI=1S/C18H16N6O2/c1-24(14-5-6-16-12(9-14)7-8-19-16)17(25)11-26-15-4-2-3-13(10-15)18-20-22-23-21-18/h2-10,19H,11H2,1H3,(H,20,21,22,23). The number of aromatic amines is 2. The van der Waals surface area contributed by atoms with Crippen LogP contribution in [0.2, 0.25) is 0 Å². The quantitative estimate of drug-likeness (QED) is 0.577. The molecule has 4 rings (SSSR count).